The molecule has 0 unspecified atom stereocenters. The standard InChI is InChI=1S/C21H24ClF2N5O3/c1-13(14-3-2-4-15(9-14)21(23,24)12-30)25-18-16-10-29(11-17(16)26-19(22)27-18)20(31)28-5-7-32-8-6-28/h2-4,9,13,30H,5-8,10-12H2,1H3,(H,25,26,27)/t13-/m1/s1. The lowest BCUT2D eigenvalue weighted by atomic mass is 10.0. The molecule has 0 spiro atoms. The zero-order chi connectivity index (χ0) is 22.9. The van der Waals surface area contributed by atoms with Crippen molar-refractivity contribution in [2.45, 2.75) is 32.0 Å². The average Bonchev–Trinajstić information content (AvgIpc) is 3.23. The van der Waals surface area contributed by atoms with Crippen molar-refractivity contribution in [1.82, 2.24) is 19.8 Å². The van der Waals surface area contributed by atoms with E-state index in [1.807, 2.05) is 6.92 Å². The number of carbonyl (C=O) groups is 1. The number of aromatic nitrogens is 2. The SMILES string of the molecule is C[C@@H](Nc1nc(Cl)nc2c1CN(C(=O)N1CCOCC1)C2)c1cccc(C(F)(F)CO)c1. The average molecular weight is 468 g/mol. The molecule has 2 aliphatic heterocycles. The Hall–Kier alpha value is -2.56. The summed E-state index contributed by atoms with van der Waals surface area (Å²) < 4.78 is 33.1. The van der Waals surface area contributed by atoms with Gasteiger partial charge in [-0.05, 0) is 30.2 Å². The number of aliphatic hydroxyl groups is 1. The molecular formula is C21H24ClF2N5O3. The Bertz CT molecular complexity index is 1000. The Balaban J connectivity index is 1.53. The van der Waals surface area contributed by atoms with Crippen LogP contribution in [0.15, 0.2) is 24.3 Å². The number of hydrogen-bond acceptors (Lipinski definition) is 6. The highest BCUT2D eigenvalue weighted by Crippen LogP contribution is 2.33. The number of benzene rings is 1. The highest BCUT2D eigenvalue weighted by atomic mass is 35.5. The number of amides is 2. The molecular weight excluding hydrogens is 444 g/mol. The first-order valence-corrected chi connectivity index (χ1v) is 10.7. The molecule has 4 rings (SSSR count). The van der Waals surface area contributed by atoms with Gasteiger partial charge < -0.3 is 25.0 Å². The molecule has 2 amide bonds. The third-order valence-electron chi connectivity index (χ3n) is 5.67. The first-order valence-electron chi connectivity index (χ1n) is 10.3. The highest BCUT2D eigenvalue weighted by molar-refractivity contribution is 6.28. The Kier molecular flexibility index (Phi) is 6.45. The lowest BCUT2D eigenvalue weighted by Gasteiger charge is -2.30. The van der Waals surface area contributed by atoms with Crippen molar-refractivity contribution in [3.63, 3.8) is 0 Å². The predicted octanol–water partition coefficient (Wildman–Crippen LogP) is 3.16. The van der Waals surface area contributed by atoms with Gasteiger partial charge >= 0.3 is 6.03 Å². The summed E-state index contributed by atoms with van der Waals surface area (Å²) in [7, 11) is 0. The number of anilines is 1. The second-order valence-electron chi connectivity index (χ2n) is 7.86. The van der Waals surface area contributed by atoms with E-state index in [2.05, 4.69) is 15.3 Å². The van der Waals surface area contributed by atoms with Crippen molar-refractivity contribution in [3.8, 4) is 0 Å². The first-order chi connectivity index (χ1) is 15.3. The van der Waals surface area contributed by atoms with Gasteiger partial charge in [0.05, 0.1) is 32.0 Å². The van der Waals surface area contributed by atoms with Gasteiger partial charge in [0.25, 0.3) is 5.92 Å². The molecule has 0 aliphatic carbocycles. The van der Waals surface area contributed by atoms with E-state index in [1.54, 1.807) is 15.9 Å². The fraction of sp³-hybridized carbons (Fsp3) is 0.476. The lowest BCUT2D eigenvalue weighted by molar-refractivity contribution is -0.0556. The summed E-state index contributed by atoms with van der Waals surface area (Å²) in [5.74, 6) is -2.86. The van der Waals surface area contributed by atoms with Crippen molar-refractivity contribution in [1.29, 1.82) is 0 Å². The molecule has 32 heavy (non-hydrogen) atoms. The van der Waals surface area contributed by atoms with Crippen LogP contribution in [0.5, 0.6) is 0 Å². The number of fused-ring (bicyclic) bond motifs is 1. The van der Waals surface area contributed by atoms with Crippen molar-refractivity contribution in [3.05, 3.63) is 51.9 Å². The first kappa shape index (κ1) is 22.6. The molecule has 2 N–H and O–H groups in total. The van der Waals surface area contributed by atoms with Crippen LogP contribution in [0, 0.1) is 0 Å². The van der Waals surface area contributed by atoms with Crippen molar-refractivity contribution in [2.75, 3.05) is 38.2 Å². The Morgan fingerprint density at radius 2 is 2.03 bits per heavy atom. The number of ether oxygens (including phenoxy) is 1. The fourth-order valence-corrected chi connectivity index (χ4v) is 4.04. The smallest absolute Gasteiger partial charge is 0.320 e. The van der Waals surface area contributed by atoms with E-state index in [-0.39, 0.29) is 22.9 Å². The Morgan fingerprint density at radius 3 is 2.75 bits per heavy atom. The van der Waals surface area contributed by atoms with Crippen LogP contribution in [-0.2, 0) is 23.7 Å². The Labute approximate surface area is 189 Å². The van der Waals surface area contributed by atoms with E-state index in [0.717, 1.165) is 5.56 Å². The normalized spacial score (nSPS) is 17.3. The van der Waals surface area contributed by atoms with Crippen LogP contribution in [0.3, 0.4) is 0 Å². The van der Waals surface area contributed by atoms with E-state index in [1.165, 1.54) is 18.2 Å². The number of aliphatic hydroxyl groups excluding tert-OH is 1. The lowest BCUT2D eigenvalue weighted by Crippen LogP contribution is -2.46. The molecule has 2 aromatic rings. The van der Waals surface area contributed by atoms with Gasteiger partial charge in [-0.15, -0.1) is 0 Å². The highest BCUT2D eigenvalue weighted by Gasteiger charge is 2.33. The van der Waals surface area contributed by atoms with E-state index >= 15 is 0 Å². The second-order valence-corrected chi connectivity index (χ2v) is 8.20. The van der Waals surface area contributed by atoms with Crippen LogP contribution >= 0.6 is 11.6 Å². The number of nitrogens with one attached hydrogen (secondary N) is 1. The Morgan fingerprint density at radius 1 is 1.28 bits per heavy atom. The molecule has 1 aromatic heterocycles. The van der Waals surface area contributed by atoms with Crippen LogP contribution in [-0.4, -0.2) is 63.8 Å². The number of halogens is 3. The van der Waals surface area contributed by atoms with Gasteiger partial charge in [0.2, 0.25) is 5.28 Å². The van der Waals surface area contributed by atoms with E-state index in [4.69, 9.17) is 21.4 Å². The largest absolute Gasteiger partial charge is 0.390 e. The van der Waals surface area contributed by atoms with E-state index in [0.29, 0.717) is 56.5 Å². The number of urea groups is 1. The summed E-state index contributed by atoms with van der Waals surface area (Å²) in [6.45, 7) is 3.28. The van der Waals surface area contributed by atoms with Gasteiger partial charge in [-0.25, -0.2) is 14.8 Å². The maximum Gasteiger partial charge on any atom is 0.320 e. The summed E-state index contributed by atoms with van der Waals surface area (Å²) in [6, 6.07) is 5.38. The molecule has 0 saturated carbocycles. The van der Waals surface area contributed by atoms with Gasteiger partial charge in [-0.3, -0.25) is 0 Å². The van der Waals surface area contributed by atoms with Crippen molar-refractivity contribution in [2.24, 2.45) is 0 Å². The summed E-state index contributed by atoms with van der Waals surface area (Å²) >= 11 is 6.12. The number of nitrogens with zero attached hydrogens (tertiary/aromatic N) is 4. The summed E-state index contributed by atoms with van der Waals surface area (Å²) in [4.78, 5) is 24.9. The molecule has 0 bridgehead atoms. The van der Waals surface area contributed by atoms with Gasteiger partial charge in [0.1, 0.15) is 12.4 Å². The van der Waals surface area contributed by atoms with E-state index in [9.17, 15) is 13.6 Å². The summed E-state index contributed by atoms with van der Waals surface area (Å²) in [5, 5.41) is 12.2. The third kappa shape index (κ3) is 4.62. The maximum atomic E-state index is 13.9. The van der Waals surface area contributed by atoms with Crippen molar-refractivity contribution >= 4 is 23.4 Å². The summed E-state index contributed by atoms with van der Waals surface area (Å²) in [6.07, 6.45) is 0. The van der Waals surface area contributed by atoms with Gasteiger partial charge in [0.15, 0.2) is 0 Å². The molecule has 1 saturated heterocycles. The van der Waals surface area contributed by atoms with Crippen molar-refractivity contribution < 1.29 is 23.4 Å². The zero-order valence-corrected chi connectivity index (χ0v) is 18.3. The monoisotopic (exact) mass is 467 g/mol. The van der Waals surface area contributed by atoms with Crippen LogP contribution < -0.4 is 5.32 Å². The zero-order valence-electron chi connectivity index (χ0n) is 17.5. The topological polar surface area (TPSA) is 90.8 Å². The molecule has 2 aliphatic rings. The molecule has 172 valence electrons. The quantitative estimate of drug-likeness (QED) is 0.656. The van der Waals surface area contributed by atoms with Crippen LogP contribution in [0.1, 0.15) is 35.3 Å². The molecule has 8 nitrogen and oxygen atoms in total. The molecule has 11 heteroatoms. The molecule has 3 heterocycles. The molecule has 1 aromatic carbocycles. The van der Waals surface area contributed by atoms with Gasteiger partial charge in [-0.1, -0.05) is 18.2 Å². The molecule has 0 radical (unpaired) electrons. The minimum atomic E-state index is -3.32. The van der Waals surface area contributed by atoms with E-state index < -0.39 is 12.5 Å². The maximum absolute atomic E-state index is 13.9. The third-order valence-corrected chi connectivity index (χ3v) is 5.84. The molecule has 1 atom stereocenters. The van der Waals surface area contributed by atoms with Crippen LogP contribution in [0.4, 0.5) is 19.4 Å². The summed E-state index contributed by atoms with van der Waals surface area (Å²) in [5.41, 5.74) is 1.74. The van der Waals surface area contributed by atoms with Gasteiger partial charge in [-0.2, -0.15) is 8.78 Å². The van der Waals surface area contributed by atoms with Crippen LogP contribution in [0.25, 0.3) is 0 Å². The number of carbonyl (C=O) groups excluding carboxylic acids is 1. The fourth-order valence-electron chi connectivity index (χ4n) is 3.85. The number of morpholine rings is 1. The number of rotatable bonds is 5. The minimum absolute atomic E-state index is 0.0414. The predicted molar refractivity (Wildman–Crippen MR) is 114 cm³/mol. The number of hydrogen-bond donors (Lipinski definition) is 2. The van der Waals surface area contributed by atoms with Crippen LogP contribution in [0.2, 0.25) is 5.28 Å². The molecule has 1 fully saturated rings. The number of alkyl halides is 2. The second kappa shape index (κ2) is 9.13. The van der Waals surface area contributed by atoms with Gasteiger partial charge in [0, 0.05) is 30.3 Å². The minimum Gasteiger partial charge on any atom is -0.390 e.